The number of benzene rings is 1. The Morgan fingerprint density at radius 1 is 1.18 bits per heavy atom. The molecule has 1 amide bonds. The van der Waals surface area contributed by atoms with Crippen LogP contribution in [-0.4, -0.2) is 81.8 Å². The predicted octanol–water partition coefficient (Wildman–Crippen LogP) is 2.82. The number of carbonyl (C=O) groups excluding carboxylic acids is 1. The lowest BCUT2D eigenvalue weighted by Gasteiger charge is -2.17. The summed E-state index contributed by atoms with van der Waals surface area (Å²) in [5.41, 5.74) is 1.13. The van der Waals surface area contributed by atoms with E-state index in [1.807, 2.05) is 26.2 Å². The van der Waals surface area contributed by atoms with Crippen molar-refractivity contribution in [3.05, 3.63) is 42.0 Å². The maximum atomic E-state index is 13.4. The number of sulfone groups is 1. The number of nitrogens with zero attached hydrogens (tertiary/aromatic N) is 4. The molecule has 1 aliphatic heterocycles. The number of hydrogen-bond acceptors (Lipinski definition) is 11. The van der Waals surface area contributed by atoms with Crippen LogP contribution >= 0.6 is 11.3 Å². The van der Waals surface area contributed by atoms with E-state index >= 15 is 0 Å². The number of ether oxygens (including phenoxy) is 1. The molecule has 13 heteroatoms. The zero-order valence-electron chi connectivity index (χ0n) is 21.9. The number of anilines is 2. The Kier molecular flexibility index (Phi) is 8.40. The molecular formula is C26H32N6O5S2. The molecule has 0 radical (unpaired) electrons. The number of nitrogens with one attached hydrogen (secondary N) is 2. The summed E-state index contributed by atoms with van der Waals surface area (Å²) in [7, 11) is 0.577. The van der Waals surface area contributed by atoms with Crippen LogP contribution in [0.5, 0.6) is 0 Å². The first-order valence-corrected chi connectivity index (χ1v) is 15.3. The molecule has 2 fully saturated rings. The number of pyridine rings is 1. The van der Waals surface area contributed by atoms with E-state index in [0.717, 1.165) is 25.3 Å². The Morgan fingerprint density at radius 3 is 2.67 bits per heavy atom. The lowest BCUT2D eigenvalue weighted by Crippen LogP contribution is -2.25. The number of rotatable bonds is 12. The second-order valence-corrected chi connectivity index (χ2v) is 12.9. The second-order valence-electron chi connectivity index (χ2n) is 9.65. The zero-order valence-corrected chi connectivity index (χ0v) is 23.6. The molecule has 11 nitrogen and oxygen atoms in total. The number of thiazole rings is 1. The van der Waals surface area contributed by atoms with Crippen molar-refractivity contribution in [1.29, 1.82) is 0 Å². The van der Waals surface area contributed by atoms with Gasteiger partial charge in [0.1, 0.15) is 16.2 Å². The summed E-state index contributed by atoms with van der Waals surface area (Å²) in [6, 6.07) is 9.99. The molecule has 2 N–H and O–H groups in total. The van der Waals surface area contributed by atoms with E-state index in [-0.39, 0.29) is 22.0 Å². The maximum Gasteiger partial charge on any atom is 0.280 e. The lowest BCUT2D eigenvalue weighted by molar-refractivity contribution is -0.110. The van der Waals surface area contributed by atoms with Crippen LogP contribution in [0.4, 0.5) is 10.9 Å². The van der Waals surface area contributed by atoms with Crippen LogP contribution in [-0.2, 0) is 24.2 Å². The highest BCUT2D eigenvalue weighted by atomic mass is 32.2. The van der Waals surface area contributed by atoms with Gasteiger partial charge >= 0.3 is 0 Å². The Morgan fingerprint density at radius 2 is 1.97 bits per heavy atom. The summed E-state index contributed by atoms with van der Waals surface area (Å²) in [4.78, 5) is 31.2. The van der Waals surface area contributed by atoms with Crippen molar-refractivity contribution in [2.45, 2.75) is 41.9 Å². The minimum Gasteiger partial charge on any atom is -0.389 e. The molecule has 3 aromatic rings. The number of aromatic nitrogens is 2. The van der Waals surface area contributed by atoms with Crippen molar-refractivity contribution in [3.8, 4) is 0 Å². The van der Waals surface area contributed by atoms with Crippen molar-refractivity contribution in [1.82, 2.24) is 15.3 Å². The van der Waals surface area contributed by atoms with Gasteiger partial charge in [-0.2, -0.15) is 0 Å². The normalized spacial score (nSPS) is 17.9. The Labute approximate surface area is 231 Å². The number of oxime groups is 1. The highest BCUT2D eigenvalue weighted by Crippen LogP contribution is 2.33. The van der Waals surface area contributed by atoms with Crippen LogP contribution in [0.1, 0.15) is 31.2 Å². The van der Waals surface area contributed by atoms with Crippen LogP contribution in [0.15, 0.2) is 46.4 Å². The minimum absolute atomic E-state index is 0.0226. The van der Waals surface area contributed by atoms with Gasteiger partial charge < -0.3 is 19.8 Å². The van der Waals surface area contributed by atoms with Gasteiger partial charge in [0.05, 0.1) is 23.4 Å². The molecule has 1 aromatic carbocycles. The van der Waals surface area contributed by atoms with Crippen LogP contribution in [0.3, 0.4) is 0 Å². The first kappa shape index (κ1) is 27.4. The highest BCUT2D eigenvalue weighted by molar-refractivity contribution is 7.92. The first-order valence-electron chi connectivity index (χ1n) is 13.0. The highest BCUT2D eigenvalue weighted by Gasteiger charge is 2.36. The van der Waals surface area contributed by atoms with Gasteiger partial charge in [0.2, 0.25) is 0 Å². The third kappa shape index (κ3) is 6.55. The lowest BCUT2D eigenvalue weighted by atomic mass is 10.1. The SMILES string of the molecule is CNCCCN(C)c1ccc2nc(NC(=O)C(=NO[C@@H]3CCOC3)c3ccc(S(=O)(=O)C4CC4)cc3)sc2n1. The molecule has 0 bridgehead atoms. The molecular weight excluding hydrogens is 540 g/mol. The van der Waals surface area contributed by atoms with E-state index in [0.29, 0.717) is 53.5 Å². The van der Waals surface area contributed by atoms with Crippen LogP contribution in [0, 0.1) is 0 Å². The van der Waals surface area contributed by atoms with Crippen LogP contribution in [0.2, 0.25) is 0 Å². The second kappa shape index (κ2) is 11.9. The summed E-state index contributed by atoms with van der Waals surface area (Å²) >= 11 is 1.27. The molecule has 0 spiro atoms. The smallest absolute Gasteiger partial charge is 0.280 e. The molecule has 2 aliphatic rings. The van der Waals surface area contributed by atoms with Crippen LogP contribution in [0.25, 0.3) is 10.3 Å². The van der Waals surface area contributed by atoms with Gasteiger partial charge in [0.25, 0.3) is 5.91 Å². The van der Waals surface area contributed by atoms with Gasteiger partial charge in [-0.25, -0.2) is 18.4 Å². The third-order valence-corrected chi connectivity index (χ3v) is 9.75. The number of amides is 1. The fourth-order valence-corrected chi connectivity index (χ4v) is 6.64. The standard InChI is InChI=1S/C26H32N6O5S2/c1-27-13-3-14-32(2)22-11-10-21-25(29-22)38-26(28-21)30-24(33)23(31-37-18-12-15-36-16-18)17-4-6-19(7-5-17)39(34,35)20-8-9-20/h4-7,10-11,18,20,27H,3,8-9,12-16H2,1-2H3,(H,28,30,33)/t18-/m1/s1. The number of carbonyl (C=O) groups is 1. The average Bonchev–Trinajstić information content (AvgIpc) is 3.53. The topological polar surface area (TPSA) is 135 Å². The van der Waals surface area contributed by atoms with E-state index in [1.54, 1.807) is 12.1 Å². The average molecular weight is 573 g/mol. The Balaban J connectivity index is 1.35. The molecule has 2 aromatic heterocycles. The fraction of sp³-hybridized carbons (Fsp3) is 0.462. The Hall–Kier alpha value is -3.13. The predicted molar refractivity (Wildman–Crippen MR) is 151 cm³/mol. The van der Waals surface area contributed by atoms with E-state index in [4.69, 9.17) is 14.6 Å². The monoisotopic (exact) mass is 572 g/mol. The fourth-order valence-electron chi connectivity index (χ4n) is 4.16. The van der Waals surface area contributed by atoms with Gasteiger partial charge in [-0.05, 0) is 57.1 Å². The molecule has 5 rings (SSSR count). The molecule has 1 saturated heterocycles. The van der Waals surface area contributed by atoms with Gasteiger partial charge in [-0.3, -0.25) is 10.1 Å². The summed E-state index contributed by atoms with van der Waals surface area (Å²) in [6.45, 7) is 2.74. The van der Waals surface area contributed by atoms with Crippen molar-refractivity contribution in [3.63, 3.8) is 0 Å². The van der Waals surface area contributed by atoms with Crippen molar-refractivity contribution >= 4 is 54.1 Å². The van der Waals surface area contributed by atoms with Crippen molar-refractivity contribution in [2.75, 3.05) is 50.6 Å². The Bertz CT molecular complexity index is 1450. The van der Waals surface area contributed by atoms with Crippen molar-refractivity contribution < 1.29 is 22.8 Å². The van der Waals surface area contributed by atoms with Gasteiger partial charge in [-0.15, -0.1) is 0 Å². The van der Waals surface area contributed by atoms with Crippen molar-refractivity contribution in [2.24, 2.45) is 5.16 Å². The summed E-state index contributed by atoms with van der Waals surface area (Å²) in [5.74, 6) is 0.311. The molecule has 1 saturated carbocycles. The zero-order chi connectivity index (χ0) is 27.4. The molecule has 1 atom stereocenters. The van der Waals surface area contributed by atoms with Gasteiger partial charge in [0.15, 0.2) is 26.8 Å². The van der Waals surface area contributed by atoms with E-state index < -0.39 is 15.7 Å². The number of fused-ring (bicyclic) bond motifs is 1. The summed E-state index contributed by atoms with van der Waals surface area (Å²) < 4.78 is 30.5. The molecule has 3 heterocycles. The van der Waals surface area contributed by atoms with E-state index in [9.17, 15) is 13.2 Å². The summed E-state index contributed by atoms with van der Waals surface area (Å²) in [5, 5.41) is 10.2. The first-order chi connectivity index (χ1) is 18.8. The van der Waals surface area contributed by atoms with Gasteiger partial charge in [-0.1, -0.05) is 28.6 Å². The largest absolute Gasteiger partial charge is 0.389 e. The molecule has 39 heavy (non-hydrogen) atoms. The third-order valence-electron chi connectivity index (χ3n) is 6.59. The maximum absolute atomic E-state index is 13.4. The van der Waals surface area contributed by atoms with E-state index in [1.165, 1.54) is 23.5 Å². The van der Waals surface area contributed by atoms with E-state index in [2.05, 4.69) is 25.7 Å². The quantitative estimate of drug-likeness (QED) is 0.191. The van der Waals surface area contributed by atoms with Crippen LogP contribution < -0.4 is 15.5 Å². The van der Waals surface area contributed by atoms with Gasteiger partial charge in [0, 0.05) is 25.6 Å². The molecule has 0 unspecified atom stereocenters. The number of hydrogen-bond donors (Lipinski definition) is 2. The molecule has 208 valence electrons. The minimum atomic E-state index is -3.34. The molecule has 1 aliphatic carbocycles. The summed E-state index contributed by atoms with van der Waals surface area (Å²) in [6.07, 6.45) is 2.77.